The van der Waals surface area contributed by atoms with Gasteiger partial charge in [-0.1, -0.05) is 41.7 Å². The van der Waals surface area contributed by atoms with Gasteiger partial charge in [-0.25, -0.2) is 4.98 Å². The van der Waals surface area contributed by atoms with Gasteiger partial charge in [-0.15, -0.1) is 0 Å². The molecule has 1 aliphatic heterocycles. The standard InChI is InChI=1S/C21H18N2O3S/c24-20(18-13-14-5-1-3-7-17(14)26-18)23-11-9-15(10-12-23)25-21-22-16-6-2-4-8-19(16)27-21/h1-8,13,15H,9-12H2. The van der Waals surface area contributed by atoms with E-state index < -0.39 is 0 Å². The normalized spacial score (nSPS) is 15.5. The Morgan fingerprint density at radius 1 is 1.11 bits per heavy atom. The quantitative estimate of drug-likeness (QED) is 0.517. The first kappa shape index (κ1) is 16.3. The Balaban J connectivity index is 1.23. The summed E-state index contributed by atoms with van der Waals surface area (Å²) in [6.07, 6.45) is 1.68. The predicted molar refractivity (Wildman–Crippen MR) is 105 cm³/mol. The molecule has 5 rings (SSSR count). The van der Waals surface area contributed by atoms with Crippen LogP contribution in [0.25, 0.3) is 21.2 Å². The smallest absolute Gasteiger partial charge is 0.289 e. The van der Waals surface area contributed by atoms with Gasteiger partial charge in [0.1, 0.15) is 11.7 Å². The van der Waals surface area contributed by atoms with Crippen LogP contribution in [0.1, 0.15) is 23.4 Å². The number of furan rings is 1. The summed E-state index contributed by atoms with van der Waals surface area (Å²) < 4.78 is 12.9. The lowest BCUT2D eigenvalue weighted by Gasteiger charge is -2.31. The highest BCUT2D eigenvalue weighted by atomic mass is 32.1. The number of likely N-dealkylation sites (tertiary alicyclic amines) is 1. The summed E-state index contributed by atoms with van der Waals surface area (Å²) in [5.41, 5.74) is 1.71. The molecule has 0 aliphatic carbocycles. The summed E-state index contributed by atoms with van der Waals surface area (Å²) in [5, 5.41) is 1.66. The molecular weight excluding hydrogens is 360 g/mol. The van der Waals surface area contributed by atoms with Crippen molar-refractivity contribution < 1.29 is 13.9 Å². The lowest BCUT2D eigenvalue weighted by atomic mass is 10.1. The van der Waals surface area contributed by atoms with Crippen LogP contribution in [0.15, 0.2) is 59.0 Å². The molecule has 0 unspecified atom stereocenters. The van der Waals surface area contributed by atoms with Crippen LogP contribution >= 0.6 is 11.3 Å². The number of carbonyl (C=O) groups excluding carboxylic acids is 1. The molecule has 136 valence electrons. The van der Waals surface area contributed by atoms with Crippen LogP contribution in [0.4, 0.5) is 0 Å². The van der Waals surface area contributed by atoms with E-state index in [0.717, 1.165) is 34.0 Å². The number of carbonyl (C=O) groups is 1. The Bertz CT molecular complexity index is 1040. The minimum Gasteiger partial charge on any atom is -0.467 e. The minimum atomic E-state index is -0.0513. The fourth-order valence-electron chi connectivity index (χ4n) is 3.46. The SMILES string of the molecule is O=C(c1cc2ccccc2o1)N1CCC(Oc2nc3ccccc3s2)CC1. The Morgan fingerprint density at radius 3 is 2.70 bits per heavy atom. The Hall–Kier alpha value is -2.86. The Kier molecular flexibility index (Phi) is 4.05. The van der Waals surface area contributed by atoms with Crippen molar-refractivity contribution in [1.82, 2.24) is 9.88 Å². The van der Waals surface area contributed by atoms with Crippen LogP contribution in [-0.4, -0.2) is 35.0 Å². The maximum atomic E-state index is 12.7. The fraction of sp³-hybridized carbons (Fsp3) is 0.238. The molecule has 0 atom stereocenters. The van der Waals surface area contributed by atoms with Crippen molar-refractivity contribution in [3.63, 3.8) is 0 Å². The van der Waals surface area contributed by atoms with Crippen LogP contribution in [-0.2, 0) is 0 Å². The largest absolute Gasteiger partial charge is 0.467 e. The summed E-state index contributed by atoms with van der Waals surface area (Å²) in [4.78, 5) is 19.1. The fourth-order valence-corrected chi connectivity index (χ4v) is 4.35. The van der Waals surface area contributed by atoms with Crippen molar-refractivity contribution >= 4 is 38.4 Å². The van der Waals surface area contributed by atoms with Crippen molar-refractivity contribution in [2.24, 2.45) is 0 Å². The number of benzene rings is 2. The van der Waals surface area contributed by atoms with Gasteiger partial charge >= 0.3 is 0 Å². The second-order valence-corrected chi connectivity index (χ2v) is 7.70. The molecule has 27 heavy (non-hydrogen) atoms. The summed E-state index contributed by atoms with van der Waals surface area (Å²) >= 11 is 1.57. The number of nitrogens with zero attached hydrogens (tertiary/aromatic N) is 2. The zero-order valence-electron chi connectivity index (χ0n) is 14.6. The zero-order valence-corrected chi connectivity index (χ0v) is 15.4. The van der Waals surface area contributed by atoms with E-state index in [1.807, 2.05) is 53.4 Å². The Morgan fingerprint density at radius 2 is 1.89 bits per heavy atom. The maximum Gasteiger partial charge on any atom is 0.289 e. The van der Waals surface area contributed by atoms with Crippen LogP contribution in [0.2, 0.25) is 0 Å². The van der Waals surface area contributed by atoms with Gasteiger partial charge in [0, 0.05) is 31.3 Å². The third-order valence-corrected chi connectivity index (χ3v) is 5.83. The molecule has 6 heteroatoms. The second-order valence-electron chi connectivity index (χ2n) is 6.71. The highest BCUT2D eigenvalue weighted by Gasteiger charge is 2.27. The summed E-state index contributed by atoms with van der Waals surface area (Å²) in [5.74, 6) is 0.353. The van der Waals surface area contributed by atoms with E-state index in [2.05, 4.69) is 11.1 Å². The molecule has 3 heterocycles. The molecule has 0 saturated carbocycles. The van der Waals surface area contributed by atoms with Gasteiger partial charge in [0.2, 0.25) is 0 Å². The van der Waals surface area contributed by atoms with Crippen molar-refractivity contribution in [3.8, 4) is 5.19 Å². The van der Waals surface area contributed by atoms with Crippen molar-refractivity contribution in [3.05, 3.63) is 60.4 Å². The zero-order chi connectivity index (χ0) is 18.2. The molecule has 1 amide bonds. The van der Waals surface area contributed by atoms with Gasteiger partial charge in [0.05, 0.1) is 10.2 Å². The number of ether oxygens (including phenoxy) is 1. The van der Waals surface area contributed by atoms with Gasteiger partial charge < -0.3 is 14.1 Å². The predicted octanol–water partition coefficient (Wildman–Crippen LogP) is 4.73. The van der Waals surface area contributed by atoms with Crippen molar-refractivity contribution in [1.29, 1.82) is 0 Å². The van der Waals surface area contributed by atoms with E-state index in [-0.39, 0.29) is 12.0 Å². The molecule has 0 radical (unpaired) electrons. The first-order valence-electron chi connectivity index (χ1n) is 9.06. The number of hydrogen-bond donors (Lipinski definition) is 0. The molecule has 1 aliphatic rings. The molecule has 1 saturated heterocycles. The van der Waals surface area contributed by atoms with E-state index >= 15 is 0 Å². The molecule has 0 spiro atoms. The number of thiazole rings is 1. The molecule has 4 aromatic rings. The molecule has 2 aromatic heterocycles. The van der Waals surface area contributed by atoms with Gasteiger partial charge in [-0.3, -0.25) is 4.79 Å². The highest BCUT2D eigenvalue weighted by molar-refractivity contribution is 7.20. The molecule has 0 bridgehead atoms. The van der Waals surface area contributed by atoms with Crippen LogP contribution in [0.3, 0.4) is 0 Å². The first-order valence-corrected chi connectivity index (χ1v) is 9.88. The van der Waals surface area contributed by atoms with Crippen molar-refractivity contribution in [2.75, 3.05) is 13.1 Å². The summed E-state index contributed by atoms with van der Waals surface area (Å²) in [6, 6.07) is 17.5. The van der Waals surface area contributed by atoms with E-state index in [1.165, 1.54) is 0 Å². The number of piperidine rings is 1. The molecular formula is C21H18N2O3S. The van der Waals surface area contributed by atoms with Gasteiger partial charge in [0.15, 0.2) is 5.76 Å². The Labute approximate surface area is 160 Å². The topological polar surface area (TPSA) is 55.6 Å². The van der Waals surface area contributed by atoms with E-state index in [0.29, 0.717) is 24.0 Å². The van der Waals surface area contributed by atoms with E-state index in [4.69, 9.17) is 9.15 Å². The summed E-state index contributed by atoms with van der Waals surface area (Å²) in [7, 11) is 0. The van der Waals surface area contributed by atoms with E-state index in [1.54, 1.807) is 11.3 Å². The average molecular weight is 378 g/mol. The highest BCUT2D eigenvalue weighted by Crippen LogP contribution is 2.30. The number of fused-ring (bicyclic) bond motifs is 2. The van der Waals surface area contributed by atoms with Crippen LogP contribution in [0, 0.1) is 0 Å². The maximum absolute atomic E-state index is 12.7. The third-order valence-electron chi connectivity index (χ3n) is 4.91. The van der Waals surface area contributed by atoms with E-state index in [9.17, 15) is 4.79 Å². The molecule has 2 aromatic carbocycles. The lowest BCUT2D eigenvalue weighted by Crippen LogP contribution is -2.41. The number of aromatic nitrogens is 1. The minimum absolute atomic E-state index is 0.0513. The number of amides is 1. The molecule has 0 N–H and O–H groups in total. The lowest BCUT2D eigenvalue weighted by molar-refractivity contribution is 0.0569. The average Bonchev–Trinajstić information content (AvgIpc) is 3.31. The number of hydrogen-bond acceptors (Lipinski definition) is 5. The van der Waals surface area contributed by atoms with Crippen molar-refractivity contribution in [2.45, 2.75) is 18.9 Å². The number of rotatable bonds is 3. The van der Waals surface area contributed by atoms with Gasteiger partial charge in [-0.2, -0.15) is 0 Å². The number of para-hydroxylation sites is 2. The van der Waals surface area contributed by atoms with Gasteiger partial charge in [0.25, 0.3) is 11.1 Å². The third kappa shape index (κ3) is 3.17. The summed E-state index contributed by atoms with van der Waals surface area (Å²) in [6.45, 7) is 1.32. The van der Waals surface area contributed by atoms with Crippen LogP contribution < -0.4 is 4.74 Å². The first-order chi connectivity index (χ1) is 13.3. The molecule has 1 fully saturated rings. The monoisotopic (exact) mass is 378 g/mol. The molecule has 5 nitrogen and oxygen atoms in total. The second kappa shape index (κ2) is 6.70. The van der Waals surface area contributed by atoms with Crippen LogP contribution in [0.5, 0.6) is 5.19 Å². The van der Waals surface area contributed by atoms with Gasteiger partial charge in [-0.05, 0) is 24.3 Å².